The van der Waals surface area contributed by atoms with Crippen molar-refractivity contribution in [3.8, 4) is 11.5 Å². The third kappa shape index (κ3) is 6.71. The third-order valence-corrected chi connectivity index (χ3v) is 7.62. The second-order valence-corrected chi connectivity index (χ2v) is 10.5. The molecule has 40 heavy (non-hydrogen) atoms. The maximum absolute atomic E-state index is 14.5. The first kappa shape index (κ1) is 27.9. The van der Waals surface area contributed by atoms with Crippen molar-refractivity contribution >= 4 is 34.4 Å². The zero-order valence-corrected chi connectivity index (χ0v) is 23.3. The summed E-state index contributed by atoms with van der Waals surface area (Å²) >= 11 is 5.88. The van der Waals surface area contributed by atoms with Gasteiger partial charge in [0.05, 0.1) is 5.39 Å². The van der Waals surface area contributed by atoms with Crippen molar-refractivity contribution in [1.82, 2.24) is 25.2 Å². The van der Waals surface area contributed by atoms with E-state index in [1.807, 2.05) is 19.2 Å². The second kappa shape index (κ2) is 13.1. The molecule has 2 atom stereocenters. The van der Waals surface area contributed by atoms with E-state index >= 15 is 0 Å². The molecule has 1 aliphatic carbocycles. The fraction of sp³-hybridized carbons (Fsp3) is 0.367. The van der Waals surface area contributed by atoms with Gasteiger partial charge in [0.1, 0.15) is 23.5 Å². The number of anilines is 1. The maximum Gasteiger partial charge on any atom is 0.223 e. The molecule has 5 rings (SSSR count). The molecule has 2 aromatic carbocycles. The minimum absolute atomic E-state index is 0.0163. The predicted octanol–water partition coefficient (Wildman–Crippen LogP) is 5.74. The number of hydrogen-bond acceptors (Lipinski definition) is 6. The molecule has 1 amide bonds. The predicted molar refractivity (Wildman–Crippen MR) is 156 cm³/mol. The van der Waals surface area contributed by atoms with Crippen molar-refractivity contribution in [3.63, 3.8) is 0 Å². The van der Waals surface area contributed by atoms with Crippen molar-refractivity contribution in [2.24, 2.45) is 5.92 Å². The lowest BCUT2D eigenvalue weighted by molar-refractivity contribution is -0.124. The van der Waals surface area contributed by atoms with Crippen LogP contribution in [-0.4, -0.2) is 47.1 Å². The lowest BCUT2D eigenvalue weighted by Gasteiger charge is -2.15. The minimum atomic E-state index is -0.398. The van der Waals surface area contributed by atoms with Crippen LogP contribution in [0.25, 0.3) is 11.0 Å². The van der Waals surface area contributed by atoms with Gasteiger partial charge in [-0.15, -0.1) is 0 Å². The van der Waals surface area contributed by atoms with Crippen LogP contribution in [0.1, 0.15) is 37.3 Å². The monoisotopic (exact) mass is 564 g/mol. The number of halogens is 2. The van der Waals surface area contributed by atoms with Gasteiger partial charge in [-0.25, -0.2) is 14.4 Å². The zero-order chi connectivity index (χ0) is 27.9. The quantitative estimate of drug-likeness (QED) is 0.190. The van der Waals surface area contributed by atoms with E-state index in [4.69, 9.17) is 16.3 Å². The molecular formula is C30H34ClFN6O2. The Morgan fingerprint density at radius 2 is 1.95 bits per heavy atom. The molecular weight excluding hydrogens is 531 g/mol. The first-order chi connectivity index (χ1) is 19.5. The van der Waals surface area contributed by atoms with E-state index in [-0.39, 0.29) is 23.6 Å². The molecule has 0 radical (unpaired) electrons. The highest BCUT2D eigenvalue weighted by Crippen LogP contribution is 2.37. The van der Waals surface area contributed by atoms with Gasteiger partial charge in [0, 0.05) is 36.8 Å². The molecule has 0 bridgehead atoms. The fourth-order valence-corrected chi connectivity index (χ4v) is 5.38. The number of carbonyl (C=O) groups excluding carboxylic acids is 1. The van der Waals surface area contributed by atoms with Crippen LogP contribution in [0.15, 0.2) is 61.1 Å². The van der Waals surface area contributed by atoms with Crippen molar-refractivity contribution in [2.45, 2.75) is 38.1 Å². The molecule has 0 spiro atoms. The van der Waals surface area contributed by atoms with Crippen LogP contribution in [0.4, 0.5) is 10.2 Å². The number of benzene rings is 2. The summed E-state index contributed by atoms with van der Waals surface area (Å²) in [7, 11) is 1.85. The third-order valence-electron chi connectivity index (χ3n) is 7.37. The SMILES string of the molecule is CNc1ncnc2c1ccn2C1CCC(C(=O)NCCCNCCc2ccc(Oc3ccc(Cl)cc3)c(F)c2)C1. The highest BCUT2D eigenvalue weighted by molar-refractivity contribution is 6.30. The van der Waals surface area contributed by atoms with Gasteiger partial charge in [-0.3, -0.25) is 4.79 Å². The lowest BCUT2D eigenvalue weighted by Crippen LogP contribution is -2.32. The number of amides is 1. The molecule has 2 aromatic heterocycles. The number of carbonyl (C=O) groups is 1. The average molecular weight is 565 g/mol. The summed E-state index contributed by atoms with van der Waals surface area (Å²) in [5, 5.41) is 11.2. The van der Waals surface area contributed by atoms with Gasteiger partial charge < -0.3 is 25.3 Å². The largest absolute Gasteiger partial charge is 0.454 e. The number of aromatic nitrogens is 3. The molecule has 2 unspecified atom stereocenters. The van der Waals surface area contributed by atoms with Crippen molar-refractivity contribution in [3.05, 3.63) is 77.5 Å². The van der Waals surface area contributed by atoms with Crippen LogP contribution in [0.3, 0.4) is 0 Å². The number of nitrogens with zero attached hydrogens (tertiary/aromatic N) is 3. The Bertz CT molecular complexity index is 1440. The summed E-state index contributed by atoms with van der Waals surface area (Å²) in [6, 6.07) is 14.1. The van der Waals surface area contributed by atoms with Gasteiger partial charge in [0.15, 0.2) is 11.6 Å². The van der Waals surface area contributed by atoms with Gasteiger partial charge in [-0.2, -0.15) is 0 Å². The normalized spacial score (nSPS) is 16.8. The average Bonchev–Trinajstić information content (AvgIpc) is 3.62. The molecule has 0 saturated heterocycles. The Morgan fingerprint density at radius 1 is 1.10 bits per heavy atom. The van der Waals surface area contributed by atoms with E-state index in [1.54, 1.807) is 36.7 Å². The van der Waals surface area contributed by atoms with Gasteiger partial charge in [0.2, 0.25) is 5.91 Å². The van der Waals surface area contributed by atoms with Crippen molar-refractivity contribution in [2.75, 3.05) is 32.0 Å². The van der Waals surface area contributed by atoms with Crippen LogP contribution in [0.2, 0.25) is 5.02 Å². The molecule has 0 aliphatic heterocycles. The summed E-state index contributed by atoms with van der Waals surface area (Å²) in [6.07, 6.45) is 7.79. The summed E-state index contributed by atoms with van der Waals surface area (Å²) in [5.41, 5.74) is 1.79. The molecule has 2 heterocycles. The Morgan fingerprint density at radius 3 is 2.75 bits per heavy atom. The van der Waals surface area contributed by atoms with Gasteiger partial charge in [-0.05, 0) is 93.2 Å². The Hall–Kier alpha value is -3.69. The number of rotatable bonds is 12. The van der Waals surface area contributed by atoms with E-state index in [2.05, 4.69) is 36.7 Å². The van der Waals surface area contributed by atoms with E-state index in [1.165, 1.54) is 6.07 Å². The van der Waals surface area contributed by atoms with E-state index < -0.39 is 5.82 Å². The highest BCUT2D eigenvalue weighted by atomic mass is 35.5. The maximum atomic E-state index is 14.5. The molecule has 3 N–H and O–H groups in total. The number of ether oxygens (including phenoxy) is 1. The Kier molecular flexibility index (Phi) is 9.13. The number of hydrogen-bond donors (Lipinski definition) is 3. The first-order valence-corrected chi connectivity index (χ1v) is 14.1. The van der Waals surface area contributed by atoms with Crippen molar-refractivity contribution in [1.29, 1.82) is 0 Å². The van der Waals surface area contributed by atoms with Gasteiger partial charge in [0.25, 0.3) is 0 Å². The molecule has 4 aromatic rings. The number of fused-ring (bicyclic) bond motifs is 1. The molecule has 1 saturated carbocycles. The molecule has 8 nitrogen and oxygen atoms in total. The van der Waals surface area contributed by atoms with Crippen LogP contribution >= 0.6 is 11.6 Å². The molecule has 1 fully saturated rings. The topological polar surface area (TPSA) is 93.1 Å². The minimum Gasteiger partial charge on any atom is -0.454 e. The standard InChI is InChI=1S/C30H34ClFN6O2/c1-33-28-25-12-16-38(29(25)37-19-36-28)23-7-4-21(18-23)30(39)35-14-2-13-34-15-11-20-3-10-27(26(32)17-20)40-24-8-5-22(31)6-9-24/h3,5-6,8-10,12,16-17,19,21,23,34H,2,4,7,11,13-15,18H2,1H3,(H,35,39)(H,33,36,37). The summed E-state index contributed by atoms with van der Waals surface area (Å²) < 4.78 is 22.3. The van der Waals surface area contributed by atoms with E-state index in [9.17, 15) is 9.18 Å². The number of nitrogens with one attached hydrogen (secondary N) is 3. The summed E-state index contributed by atoms with van der Waals surface area (Å²) in [5.74, 6) is 1.27. The summed E-state index contributed by atoms with van der Waals surface area (Å²) in [4.78, 5) is 21.5. The second-order valence-electron chi connectivity index (χ2n) is 10.1. The smallest absolute Gasteiger partial charge is 0.223 e. The van der Waals surface area contributed by atoms with Crippen molar-refractivity contribution < 1.29 is 13.9 Å². The van der Waals surface area contributed by atoms with Gasteiger partial charge >= 0.3 is 0 Å². The fourth-order valence-electron chi connectivity index (χ4n) is 5.25. The zero-order valence-electron chi connectivity index (χ0n) is 22.5. The van der Waals surface area contributed by atoms with E-state index in [0.29, 0.717) is 23.7 Å². The van der Waals surface area contributed by atoms with Crippen LogP contribution in [0, 0.1) is 11.7 Å². The Balaban J connectivity index is 0.984. The first-order valence-electron chi connectivity index (χ1n) is 13.7. The van der Waals surface area contributed by atoms with Gasteiger partial charge in [-0.1, -0.05) is 17.7 Å². The van der Waals surface area contributed by atoms with Crippen LogP contribution in [-0.2, 0) is 11.2 Å². The lowest BCUT2D eigenvalue weighted by atomic mass is 10.1. The Labute approximate surface area is 238 Å². The molecule has 1 aliphatic rings. The van der Waals surface area contributed by atoms with Crippen LogP contribution in [0.5, 0.6) is 11.5 Å². The summed E-state index contributed by atoms with van der Waals surface area (Å²) in [6.45, 7) is 2.12. The highest BCUT2D eigenvalue weighted by Gasteiger charge is 2.31. The molecule has 10 heteroatoms. The van der Waals surface area contributed by atoms with Crippen LogP contribution < -0.4 is 20.7 Å². The molecule has 210 valence electrons. The van der Waals surface area contributed by atoms with E-state index in [0.717, 1.165) is 61.2 Å².